The minimum absolute atomic E-state index is 0.195. The van der Waals surface area contributed by atoms with E-state index in [-0.39, 0.29) is 11.8 Å². The van der Waals surface area contributed by atoms with E-state index in [9.17, 15) is 9.59 Å². The zero-order chi connectivity index (χ0) is 19.9. The molecule has 0 atom stereocenters. The Labute approximate surface area is 168 Å². The summed E-state index contributed by atoms with van der Waals surface area (Å²) in [5, 5.41) is 5.65. The highest BCUT2D eigenvalue weighted by Gasteiger charge is 2.10. The Morgan fingerprint density at radius 3 is 1.96 bits per heavy atom. The van der Waals surface area contributed by atoms with Gasteiger partial charge in [0.05, 0.1) is 12.8 Å². The summed E-state index contributed by atoms with van der Waals surface area (Å²) >= 11 is 1.62. The SMILES string of the molecule is COc1ccccc1NC(=O)c1ccc(NC(=O)c2ccc(SC)cc2)cc1. The van der Waals surface area contributed by atoms with E-state index in [0.717, 1.165) is 4.90 Å². The van der Waals surface area contributed by atoms with Gasteiger partial charge in [0.1, 0.15) is 5.75 Å². The van der Waals surface area contributed by atoms with E-state index in [1.165, 1.54) is 0 Å². The number of ether oxygens (including phenoxy) is 1. The molecule has 0 aliphatic rings. The second-order valence-corrected chi connectivity index (χ2v) is 6.79. The van der Waals surface area contributed by atoms with Gasteiger partial charge in [-0.15, -0.1) is 11.8 Å². The molecule has 0 saturated heterocycles. The first-order valence-corrected chi connectivity index (χ1v) is 9.83. The van der Waals surface area contributed by atoms with Crippen LogP contribution in [0.25, 0.3) is 0 Å². The lowest BCUT2D eigenvalue weighted by atomic mass is 10.1. The first-order valence-electron chi connectivity index (χ1n) is 8.60. The topological polar surface area (TPSA) is 67.4 Å². The highest BCUT2D eigenvalue weighted by atomic mass is 32.2. The number of carbonyl (C=O) groups excluding carboxylic acids is 2. The van der Waals surface area contributed by atoms with Gasteiger partial charge in [-0.25, -0.2) is 0 Å². The maximum absolute atomic E-state index is 12.4. The molecule has 0 unspecified atom stereocenters. The van der Waals surface area contributed by atoms with Gasteiger partial charge in [-0.1, -0.05) is 12.1 Å². The minimum Gasteiger partial charge on any atom is -0.495 e. The molecule has 0 aliphatic heterocycles. The van der Waals surface area contributed by atoms with Crippen LogP contribution in [0.15, 0.2) is 77.7 Å². The summed E-state index contributed by atoms with van der Waals surface area (Å²) in [6, 6.07) is 21.3. The third-order valence-electron chi connectivity index (χ3n) is 4.11. The Balaban J connectivity index is 1.65. The van der Waals surface area contributed by atoms with Crippen molar-refractivity contribution >= 4 is 35.0 Å². The Morgan fingerprint density at radius 1 is 0.786 bits per heavy atom. The standard InChI is InChI=1S/C22H20N2O3S/c1-27-20-6-4-3-5-19(20)24-22(26)15-7-11-17(12-8-15)23-21(25)16-9-13-18(28-2)14-10-16/h3-14H,1-2H3,(H,23,25)(H,24,26). The Morgan fingerprint density at radius 2 is 1.36 bits per heavy atom. The first-order chi connectivity index (χ1) is 13.6. The molecule has 0 heterocycles. The van der Waals surface area contributed by atoms with Crippen LogP contribution in [0.2, 0.25) is 0 Å². The molecule has 2 amide bonds. The van der Waals surface area contributed by atoms with E-state index in [1.807, 2.05) is 30.5 Å². The molecule has 0 fully saturated rings. The fourth-order valence-corrected chi connectivity index (χ4v) is 3.00. The minimum atomic E-state index is -0.255. The second-order valence-electron chi connectivity index (χ2n) is 5.91. The zero-order valence-electron chi connectivity index (χ0n) is 15.6. The molecule has 3 rings (SSSR count). The van der Waals surface area contributed by atoms with Gasteiger partial charge in [0.2, 0.25) is 0 Å². The summed E-state index contributed by atoms with van der Waals surface area (Å²) in [6.45, 7) is 0. The number of thioether (sulfide) groups is 1. The van der Waals surface area contributed by atoms with Crippen LogP contribution < -0.4 is 15.4 Å². The van der Waals surface area contributed by atoms with Crippen molar-refractivity contribution < 1.29 is 14.3 Å². The van der Waals surface area contributed by atoms with Crippen molar-refractivity contribution in [3.63, 3.8) is 0 Å². The van der Waals surface area contributed by atoms with Gasteiger partial charge in [0.15, 0.2) is 0 Å². The predicted molar refractivity (Wildman–Crippen MR) is 114 cm³/mol. The third-order valence-corrected chi connectivity index (χ3v) is 4.86. The number of anilines is 2. The van der Waals surface area contributed by atoms with Gasteiger partial charge in [-0.3, -0.25) is 9.59 Å². The fraction of sp³-hybridized carbons (Fsp3) is 0.0909. The average Bonchev–Trinajstić information content (AvgIpc) is 2.74. The van der Waals surface area contributed by atoms with Crippen LogP contribution in [0.5, 0.6) is 5.75 Å². The average molecular weight is 392 g/mol. The number of carbonyl (C=O) groups is 2. The molecule has 0 saturated carbocycles. The van der Waals surface area contributed by atoms with E-state index in [2.05, 4.69) is 10.6 Å². The van der Waals surface area contributed by atoms with Crippen molar-refractivity contribution in [2.45, 2.75) is 4.90 Å². The van der Waals surface area contributed by atoms with E-state index in [0.29, 0.717) is 28.3 Å². The molecular weight excluding hydrogens is 372 g/mol. The van der Waals surface area contributed by atoms with Gasteiger partial charge in [0, 0.05) is 21.7 Å². The van der Waals surface area contributed by atoms with Crippen LogP contribution in [0, 0.1) is 0 Å². The lowest BCUT2D eigenvalue weighted by molar-refractivity contribution is 0.101. The van der Waals surface area contributed by atoms with Gasteiger partial charge in [-0.2, -0.15) is 0 Å². The maximum atomic E-state index is 12.4. The van der Waals surface area contributed by atoms with Crippen molar-refractivity contribution in [2.75, 3.05) is 24.0 Å². The molecule has 0 radical (unpaired) electrons. The van der Waals surface area contributed by atoms with Crippen molar-refractivity contribution in [1.29, 1.82) is 0 Å². The number of amides is 2. The monoisotopic (exact) mass is 392 g/mol. The summed E-state index contributed by atoms with van der Waals surface area (Å²) in [4.78, 5) is 25.9. The molecule has 2 N–H and O–H groups in total. The van der Waals surface area contributed by atoms with Crippen molar-refractivity contribution in [2.24, 2.45) is 0 Å². The van der Waals surface area contributed by atoms with Gasteiger partial charge < -0.3 is 15.4 Å². The molecular formula is C22H20N2O3S. The van der Waals surface area contributed by atoms with E-state index >= 15 is 0 Å². The number of para-hydroxylation sites is 2. The van der Waals surface area contributed by atoms with Crippen LogP contribution >= 0.6 is 11.8 Å². The largest absolute Gasteiger partial charge is 0.495 e. The van der Waals surface area contributed by atoms with Gasteiger partial charge in [0.25, 0.3) is 11.8 Å². The molecule has 28 heavy (non-hydrogen) atoms. The Kier molecular flexibility index (Phi) is 6.34. The number of hydrogen-bond donors (Lipinski definition) is 2. The van der Waals surface area contributed by atoms with Crippen LogP contribution in [-0.4, -0.2) is 25.2 Å². The van der Waals surface area contributed by atoms with Crippen molar-refractivity contribution in [3.05, 3.63) is 83.9 Å². The molecule has 0 aliphatic carbocycles. The highest BCUT2D eigenvalue weighted by molar-refractivity contribution is 7.98. The lowest BCUT2D eigenvalue weighted by Gasteiger charge is -2.10. The lowest BCUT2D eigenvalue weighted by Crippen LogP contribution is -2.14. The third kappa shape index (κ3) is 4.72. The summed E-state index contributed by atoms with van der Waals surface area (Å²) in [5.41, 5.74) is 2.28. The molecule has 0 spiro atoms. The van der Waals surface area contributed by atoms with Gasteiger partial charge in [-0.05, 0) is 66.9 Å². The quantitative estimate of drug-likeness (QED) is 0.584. The molecule has 0 aromatic heterocycles. The summed E-state index contributed by atoms with van der Waals surface area (Å²) in [5.74, 6) is 0.140. The molecule has 5 nitrogen and oxygen atoms in total. The van der Waals surface area contributed by atoms with Crippen LogP contribution in [-0.2, 0) is 0 Å². The van der Waals surface area contributed by atoms with Crippen molar-refractivity contribution in [1.82, 2.24) is 0 Å². The zero-order valence-corrected chi connectivity index (χ0v) is 16.4. The van der Waals surface area contributed by atoms with Crippen LogP contribution in [0.3, 0.4) is 0 Å². The number of rotatable bonds is 6. The van der Waals surface area contributed by atoms with Gasteiger partial charge >= 0.3 is 0 Å². The number of methoxy groups -OCH3 is 1. The molecule has 3 aromatic carbocycles. The second kappa shape index (κ2) is 9.10. The molecule has 3 aromatic rings. The highest BCUT2D eigenvalue weighted by Crippen LogP contribution is 2.24. The predicted octanol–water partition coefficient (Wildman–Crippen LogP) is 4.92. The number of nitrogens with one attached hydrogen (secondary N) is 2. The number of hydrogen-bond acceptors (Lipinski definition) is 4. The summed E-state index contributed by atoms with van der Waals surface area (Å²) in [7, 11) is 1.55. The molecule has 142 valence electrons. The normalized spacial score (nSPS) is 10.2. The Bertz CT molecular complexity index is 970. The summed E-state index contributed by atoms with van der Waals surface area (Å²) < 4.78 is 5.24. The van der Waals surface area contributed by atoms with Crippen LogP contribution in [0.1, 0.15) is 20.7 Å². The number of benzene rings is 3. The summed E-state index contributed by atoms with van der Waals surface area (Å²) in [6.07, 6.45) is 1.99. The maximum Gasteiger partial charge on any atom is 0.255 e. The smallest absolute Gasteiger partial charge is 0.255 e. The van der Waals surface area contributed by atoms with E-state index in [1.54, 1.807) is 67.4 Å². The van der Waals surface area contributed by atoms with E-state index < -0.39 is 0 Å². The molecule has 0 bridgehead atoms. The Hall–Kier alpha value is -3.25. The van der Waals surface area contributed by atoms with E-state index in [4.69, 9.17) is 4.74 Å². The van der Waals surface area contributed by atoms with Crippen molar-refractivity contribution in [3.8, 4) is 5.75 Å². The fourth-order valence-electron chi connectivity index (χ4n) is 2.59. The first kappa shape index (κ1) is 19.5. The molecule has 6 heteroatoms. The van der Waals surface area contributed by atoms with Crippen LogP contribution in [0.4, 0.5) is 11.4 Å².